The molecule has 2 heterocycles. The third-order valence-corrected chi connectivity index (χ3v) is 9.20. The largest absolute Gasteiger partial charge is 0.508 e. The molecule has 0 unspecified atom stereocenters. The first-order valence-electron chi connectivity index (χ1n) is 16.9. The van der Waals surface area contributed by atoms with Gasteiger partial charge in [0.05, 0.1) is 11.6 Å². The van der Waals surface area contributed by atoms with Crippen LogP contribution in [0.15, 0.2) is 60.7 Å². The van der Waals surface area contributed by atoms with Gasteiger partial charge in [-0.25, -0.2) is 9.18 Å². The van der Waals surface area contributed by atoms with Crippen molar-refractivity contribution in [3.63, 3.8) is 0 Å². The summed E-state index contributed by atoms with van der Waals surface area (Å²) in [4.78, 5) is 46.3. The number of likely N-dealkylation sites (tertiary alicyclic amines) is 1. The van der Waals surface area contributed by atoms with Crippen molar-refractivity contribution in [2.75, 3.05) is 49.8 Å². The summed E-state index contributed by atoms with van der Waals surface area (Å²) in [6, 6.07) is 16.8. The number of ether oxygens (including phenoxy) is 3. The third kappa shape index (κ3) is 7.67. The number of halogens is 1. The summed E-state index contributed by atoms with van der Waals surface area (Å²) in [5.74, 6) is -1.16. The van der Waals surface area contributed by atoms with Gasteiger partial charge >= 0.3 is 6.09 Å². The van der Waals surface area contributed by atoms with Crippen LogP contribution >= 0.6 is 0 Å². The van der Waals surface area contributed by atoms with E-state index in [0.717, 1.165) is 18.4 Å². The highest BCUT2D eigenvalue weighted by Crippen LogP contribution is 2.43. The van der Waals surface area contributed by atoms with Crippen molar-refractivity contribution in [3.05, 3.63) is 72.0 Å². The summed E-state index contributed by atoms with van der Waals surface area (Å²) in [6.45, 7) is 6.85. The molecule has 1 saturated heterocycles. The van der Waals surface area contributed by atoms with Crippen LogP contribution in [0.1, 0.15) is 57.9 Å². The number of rotatable bonds is 9. The number of fused-ring (bicyclic) bond motifs is 1. The lowest BCUT2D eigenvalue weighted by atomic mass is 9.78. The molecule has 1 saturated carbocycles. The fraction of sp³-hybridized carbons (Fsp3) is 0.447. The lowest BCUT2D eigenvalue weighted by molar-refractivity contribution is -0.124. The van der Waals surface area contributed by atoms with Gasteiger partial charge in [0.15, 0.2) is 6.61 Å². The van der Waals surface area contributed by atoms with Gasteiger partial charge in [-0.2, -0.15) is 0 Å². The fourth-order valence-corrected chi connectivity index (χ4v) is 6.75. The van der Waals surface area contributed by atoms with E-state index in [4.69, 9.17) is 14.2 Å². The predicted molar refractivity (Wildman–Crippen MR) is 183 cm³/mol. The summed E-state index contributed by atoms with van der Waals surface area (Å²) in [6.07, 6.45) is 2.31. The Bertz CT molecular complexity index is 1720. The molecule has 10 nitrogen and oxygen atoms in total. The number of phenolic OH excluding ortho intramolecular Hbond substituents is 1. The zero-order valence-corrected chi connectivity index (χ0v) is 28.5. The molecule has 11 heteroatoms. The van der Waals surface area contributed by atoms with Gasteiger partial charge in [0, 0.05) is 50.6 Å². The molecule has 0 radical (unpaired) electrons. The van der Waals surface area contributed by atoms with Crippen LogP contribution in [0.25, 0.3) is 11.1 Å². The van der Waals surface area contributed by atoms with Crippen molar-refractivity contribution in [1.82, 2.24) is 4.90 Å². The van der Waals surface area contributed by atoms with E-state index >= 15 is 0 Å². The van der Waals surface area contributed by atoms with Crippen LogP contribution in [0, 0.1) is 11.7 Å². The monoisotopic (exact) mass is 673 g/mol. The van der Waals surface area contributed by atoms with E-state index < -0.39 is 23.4 Å². The van der Waals surface area contributed by atoms with E-state index in [1.54, 1.807) is 23.0 Å². The maximum absolute atomic E-state index is 14.9. The molecule has 49 heavy (non-hydrogen) atoms. The second-order valence-electron chi connectivity index (χ2n) is 14.0. The van der Waals surface area contributed by atoms with Gasteiger partial charge in [0.1, 0.15) is 22.9 Å². The lowest BCUT2D eigenvalue weighted by Gasteiger charge is -2.41. The van der Waals surface area contributed by atoms with Crippen LogP contribution in [0.3, 0.4) is 0 Å². The molecule has 2 fully saturated rings. The quantitative estimate of drug-likeness (QED) is 0.259. The Morgan fingerprint density at radius 2 is 1.86 bits per heavy atom. The maximum atomic E-state index is 14.9. The van der Waals surface area contributed by atoms with Crippen LogP contribution in [0.5, 0.6) is 11.5 Å². The summed E-state index contributed by atoms with van der Waals surface area (Å²) in [5, 5.41) is 10.1. The van der Waals surface area contributed by atoms with Gasteiger partial charge in [-0.15, -0.1) is 0 Å². The fourth-order valence-electron chi connectivity index (χ4n) is 6.75. The van der Waals surface area contributed by atoms with E-state index in [-0.39, 0.29) is 48.2 Å². The summed E-state index contributed by atoms with van der Waals surface area (Å²) >= 11 is 0. The first-order valence-corrected chi connectivity index (χ1v) is 16.9. The molecule has 3 aliphatic rings. The number of carbonyl (C=O) groups excluding carboxylic acids is 3. The van der Waals surface area contributed by atoms with Gasteiger partial charge in [0.2, 0.25) is 5.91 Å². The third-order valence-electron chi connectivity index (χ3n) is 9.20. The Labute approximate surface area is 286 Å². The molecule has 1 N–H and O–H groups in total. The Morgan fingerprint density at radius 1 is 1.06 bits per heavy atom. The molecule has 0 aromatic heterocycles. The highest BCUT2D eigenvalue weighted by atomic mass is 19.1. The van der Waals surface area contributed by atoms with Crippen molar-refractivity contribution >= 4 is 29.3 Å². The number of amides is 3. The topological polar surface area (TPSA) is 109 Å². The highest BCUT2D eigenvalue weighted by molar-refractivity contribution is 6.01. The average Bonchev–Trinajstić information content (AvgIpc) is 3.91. The first-order chi connectivity index (χ1) is 23.4. The molecule has 2 atom stereocenters. The first kappa shape index (κ1) is 34.2. The predicted octanol–water partition coefficient (Wildman–Crippen LogP) is 6.50. The second kappa shape index (κ2) is 14.1. The molecule has 260 valence electrons. The van der Waals surface area contributed by atoms with Gasteiger partial charge in [0.25, 0.3) is 5.91 Å². The number of benzene rings is 3. The zero-order valence-electron chi connectivity index (χ0n) is 28.5. The lowest BCUT2D eigenvalue weighted by Crippen LogP contribution is -2.51. The number of methoxy groups -OCH3 is 1. The molecule has 1 aliphatic carbocycles. The number of hydrogen-bond acceptors (Lipinski definition) is 7. The standard InChI is InChI=1S/C38H44FN3O7/c1-38(2,3)49-37(46)40-17-15-29(24-7-5-8-25(19-24)30-21-28(43)12-13-32(30)39)31(22-40)36(45)42(26-9-10-26)27-11-14-34-33(20-27)41(16-6-18-47-4)35(44)23-48-34/h5,7-8,11-14,19-21,26,29,31,43H,6,9-10,15-18,22-23H2,1-4H3/t29-,31+/m1/s1. The minimum atomic E-state index is -0.703. The van der Waals surface area contributed by atoms with Crippen molar-refractivity contribution in [3.8, 4) is 22.6 Å². The van der Waals surface area contributed by atoms with Gasteiger partial charge < -0.3 is 34.0 Å². The number of carbonyl (C=O) groups is 3. The van der Waals surface area contributed by atoms with E-state index in [1.807, 2.05) is 62.1 Å². The normalized spacial score (nSPS) is 19.2. The van der Waals surface area contributed by atoms with Crippen LogP contribution in [-0.2, 0) is 19.1 Å². The van der Waals surface area contributed by atoms with Crippen molar-refractivity contribution in [1.29, 1.82) is 0 Å². The molecular formula is C38H44FN3O7. The Kier molecular flexibility index (Phi) is 9.83. The van der Waals surface area contributed by atoms with Crippen LogP contribution in [-0.4, -0.2) is 79.5 Å². The minimum absolute atomic E-state index is 0.0296. The Hall–Kier alpha value is -4.64. The second-order valence-corrected chi connectivity index (χ2v) is 14.0. The highest BCUT2D eigenvalue weighted by Gasteiger charge is 2.44. The van der Waals surface area contributed by atoms with Crippen LogP contribution < -0.4 is 14.5 Å². The molecule has 3 amide bonds. The summed E-state index contributed by atoms with van der Waals surface area (Å²) in [7, 11) is 1.62. The van der Waals surface area contributed by atoms with E-state index in [0.29, 0.717) is 55.2 Å². The average molecular weight is 674 g/mol. The molecule has 3 aromatic rings. The SMILES string of the molecule is COCCCN1C(=O)COc2ccc(N(C(=O)[C@H]3CN(C(=O)OC(C)(C)C)CC[C@@H]3c3cccc(-c4cc(O)ccc4F)c3)C3CC3)cc21. The smallest absolute Gasteiger partial charge is 0.410 e. The number of anilines is 2. The zero-order chi connectivity index (χ0) is 34.9. The summed E-state index contributed by atoms with van der Waals surface area (Å²) in [5.41, 5.74) is 2.25. The molecular weight excluding hydrogens is 629 g/mol. The molecule has 3 aromatic carbocycles. The summed E-state index contributed by atoms with van der Waals surface area (Å²) < 4.78 is 31.6. The Balaban J connectivity index is 1.36. The van der Waals surface area contributed by atoms with Crippen LogP contribution in [0.2, 0.25) is 0 Å². The van der Waals surface area contributed by atoms with Gasteiger partial charge in [-0.3, -0.25) is 9.59 Å². The molecule has 6 rings (SSSR count). The van der Waals surface area contributed by atoms with Crippen molar-refractivity contribution in [2.24, 2.45) is 5.92 Å². The molecule has 2 aliphatic heterocycles. The number of phenols is 1. The number of piperidine rings is 1. The van der Waals surface area contributed by atoms with Gasteiger partial charge in [-0.05, 0) is 99.9 Å². The minimum Gasteiger partial charge on any atom is -0.508 e. The van der Waals surface area contributed by atoms with Crippen molar-refractivity contribution in [2.45, 2.75) is 64.0 Å². The van der Waals surface area contributed by atoms with E-state index in [2.05, 4.69) is 0 Å². The van der Waals surface area contributed by atoms with Crippen molar-refractivity contribution < 1.29 is 38.1 Å². The van der Waals surface area contributed by atoms with E-state index in [9.17, 15) is 23.9 Å². The van der Waals surface area contributed by atoms with Gasteiger partial charge in [-0.1, -0.05) is 24.3 Å². The number of aromatic hydroxyl groups is 1. The molecule has 0 spiro atoms. The Morgan fingerprint density at radius 3 is 2.59 bits per heavy atom. The van der Waals surface area contributed by atoms with Crippen LogP contribution in [0.4, 0.5) is 20.6 Å². The number of nitrogens with zero attached hydrogens (tertiary/aromatic N) is 3. The number of hydrogen-bond donors (Lipinski definition) is 1. The maximum Gasteiger partial charge on any atom is 0.410 e. The molecule has 0 bridgehead atoms. The van der Waals surface area contributed by atoms with E-state index in [1.165, 1.54) is 18.2 Å².